The van der Waals surface area contributed by atoms with E-state index in [0.29, 0.717) is 5.41 Å². The Morgan fingerprint density at radius 3 is 2.75 bits per heavy atom. The van der Waals surface area contributed by atoms with Gasteiger partial charge in [0, 0.05) is 13.0 Å². The summed E-state index contributed by atoms with van der Waals surface area (Å²) in [6.07, 6.45) is 3.63. The number of hydrogen-bond acceptors (Lipinski definition) is 4. The van der Waals surface area contributed by atoms with Gasteiger partial charge in [-0.05, 0) is 35.9 Å². The predicted octanol–water partition coefficient (Wildman–Crippen LogP) is 0.778. The number of aryl methyl sites for hydroxylation is 1. The first-order valence-corrected chi connectivity index (χ1v) is 6.07. The van der Waals surface area contributed by atoms with E-state index in [1.54, 1.807) is 0 Å². The Kier molecular flexibility index (Phi) is 3.23. The van der Waals surface area contributed by atoms with Crippen molar-refractivity contribution in [3.63, 3.8) is 0 Å². The van der Waals surface area contributed by atoms with E-state index in [1.807, 2.05) is 7.05 Å². The highest BCUT2D eigenvalue weighted by molar-refractivity contribution is 4.98. The van der Waals surface area contributed by atoms with Crippen LogP contribution in [0.3, 0.4) is 0 Å². The first-order chi connectivity index (χ1) is 7.64. The fourth-order valence-corrected chi connectivity index (χ4v) is 2.30. The quantitative estimate of drug-likeness (QED) is 0.774. The molecule has 0 spiro atoms. The standard InChI is InChI=1S/C11H21N5/c1-4-12-8-11(2,9-5-6-9)7-10-13-15-16(3)14-10/h9,12H,4-8H2,1-3H3. The van der Waals surface area contributed by atoms with Crippen molar-refractivity contribution in [3.8, 4) is 0 Å². The van der Waals surface area contributed by atoms with Crippen LogP contribution in [0.2, 0.25) is 0 Å². The molecule has 5 heteroatoms. The molecule has 0 bridgehead atoms. The molecule has 1 unspecified atom stereocenters. The summed E-state index contributed by atoms with van der Waals surface area (Å²) in [6.45, 7) is 6.56. The summed E-state index contributed by atoms with van der Waals surface area (Å²) >= 11 is 0. The molecule has 0 saturated heterocycles. The molecular weight excluding hydrogens is 202 g/mol. The van der Waals surface area contributed by atoms with Crippen LogP contribution in [0.15, 0.2) is 0 Å². The van der Waals surface area contributed by atoms with E-state index in [4.69, 9.17) is 0 Å². The number of aromatic nitrogens is 4. The van der Waals surface area contributed by atoms with Crippen molar-refractivity contribution in [1.29, 1.82) is 0 Å². The molecule has 1 aliphatic carbocycles. The van der Waals surface area contributed by atoms with Crippen LogP contribution >= 0.6 is 0 Å². The fraction of sp³-hybridized carbons (Fsp3) is 0.909. The lowest BCUT2D eigenvalue weighted by Gasteiger charge is -2.28. The summed E-state index contributed by atoms with van der Waals surface area (Å²) in [5.41, 5.74) is 0.291. The van der Waals surface area contributed by atoms with Crippen molar-refractivity contribution in [3.05, 3.63) is 5.82 Å². The van der Waals surface area contributed by atoms with E-state index in [1.165, 1.54) is 17.6 Å². The average Bonchev–Trinajstić information content (AvgIpc) is 3.02. The zero-order chi connectivity index (χ0) is 11.6. The number of nitrogens with one attached hydrogen (secondary N) is 1. The topological polar surface area (TPSA) is 55.6 Å². The average molecular weight is 223 g/mol. The van der Waals surface area contributed by atoms with Crippen molar-refractivity contribution in [2.45, 2.75) is 33.1 Å². The molecule has 0 amide bonds. The fourth-order valence-electron chi connectivity index (χ4n) is 2.30. The van der Waals surface area contributed by atoms with Gasteiger partial charge in [0.1, 0.15) is 0 Å². The third kappa shape index (κ3) is 2.58. The highest BCUT2D eigenvalue weighted by Crippen LogP contribution is 2.46. The molecule has 1 N–H and O–H groups in total. The summed E-state index contributed by atoms with van der Waals surface area (Å²) < 4.78 is 0. The normalized spacial score (nSPS) is 19.7. The number of rotatable bonds is 6. The van der Waals surface area contributed by atoms with Crippen LogP contribution in [0.5, 0.6) is 0 Å². The summed E-state index contributed by atoms with van der Waals surface area (Å²) in [5.74, 6) is 1.70. The minimum atomic E-state index is 0.291. The van der Waals surface area contributed by atoms with Crippen LogP contribution in [0.1, 0.15) is 32.5 Å². The van der Waals surface area contributed by atoms with Gasteiger partial charge in [0.05, 0.1) is 7.05 Å². The highest BCUT2D eigenvalue weighted by Gasteiger charge is 2.41. The Morgan fingerprint density at radius 2 is 2.25 bits per heavy atom. The smallest absolute Gasteiger partial charge is 0.175 e. The molecule has 0 aromatic carbocycles. The second-order valence-corrected chi connectivity index (χ2v) is 5.08. The lowest BCUT2D eigenvalue weighted by atomic mass is 9.81. The summed E-state index contributed by atoms with van der Waals surface area (Å²) in [7, 11) is 1.81. The van der Waals surface area contributed by atoms with Gasteiger partial charge in [-0.2, -0.15) is 4.80 Å². The minimum Gasteiger partial charge on any atom is -0.316 e. The summed E-state index contributed by atoms with van der Waals surface area (Å²) in [4.78, 5) is 1.54. The molecule has 1 aromatic heterocycles. The van der Waals surface area contributed by atoms with Crippen LogP contribution < -0.4 is 5.32 Å². The molecule has 1 aromatic rings. The van der Waals surface area contributed by atoms with Gasteiger partial charge in [0.25, 0.3) is 0 Å². The number of hydrogen-bond donors (Lipinski definition) is 1. The molecule has 16 heavy (non-hydrogen) atoms. The summed E-state index contributed by atoms with van der Waals surface area (Å²) in [5, 5.41) is 15.7. The SMILES string of the molecule is CCNCC(C)(Cc1nnn(C)n1)C1CC1. The Morgan fingerprint density at radius 1 is 1.50 bits per heavy atom. The predicted molar refractivity (Wildman–Crippen MR) is 61.9 cm³/mol. The zero-order valence-electron chi connectivity index (χ0n) is 10.4. The number of tetrazole rings is 1. The molecule has 1 fully saturated rings. The monoisotopic (exact) mass is 223 g/mol. The van der Waals surface area contributed by atoms with E-state index in [-0.39, 0.29) is 0 Å². The third-order valence-electron chi connectivity index (χ3n) is 3.45. The number of nitrogens with zero attached hydrogens (tertiary/aromatic N) is 4. The molecule has 1 atom stereocenters. The lowest BCUT2D eigenvalue weighted by Crippen LogP contribution is -2.35. The van der Waals surface area contributed by atoms with Crippen LogP contribution in [0.4, 0.5) is 0 Å². The van der Waals surface area contributed by atoms with E-state index in [2.05, 4.69) is 34.6 Å². The lowest BCUT2D eigenvalue weighted by molar-refractivity contribution is 0.252. The van der Waals surface area contributed by atoms with E-state index in [9.17, 15) is 0 Å². The van der Waals surface area contributed by atoms with Gasteiger partial charge in [0.2, 0.25) is 0 Å². The molecule has 1 saturated carbocycles. The summed E-state index contributed by atoms with van der Waals surface area (Å²) in [6, 6.07) is 0. The Hall–Kier alpha value is -0.970. The van der Waals surface area contributed by atoms with Crippen LogP contribution in [-0.4, -0.2) is 33.3 Å². The Labute approximate surface area is 96.6 Å². The molecule has 2 rings (SSSR count). The Bertz CT molecular complexity index is 344. The van der Waals surface area contributed by atoms with Crippen LogP contribution in [-0.2, 0) is 13.5 Å². The minimum absolute atomic E-state index is 0.291. The van der Waals surface area contributed by atoms with E-state index < -0.39 is 0 Å². The second kappa shape index (κ2) is 4.49. The zero-order valence-corrected chi connectivity index (χ0v) is 10.4. The van der Waals surface area contributed by atoms with Gasteiger partial charge in [0.15, 0.2) is 5.82 Å². The molecule has 1 aliphatic rings. The highest BCUT2D eigenvalue weighted by atomic mass is 15.6. The van der Waals surface area contributed by atoms with Gasteiger partial charge in [-0.3, -0.25) is 0 Å². The van der Waals surface area contributed by atoms with Gasteiger partial charge in [-0.1, -0.05) is 13.8 Å². The molecular formula is C11H21N5. The first kappa shape index (κ1) is 11.5. The van der Waals surface area contributed by atoms with Gasteiger partial charge in [-0.15, -0.1) is 10.2 Å². The van der Waals surface area contributed by atoms with Crippen molar-refractivity contribution in [2.24, 2.45) is 18.4 Å². The maximum Gasteiger partial charge on any atom is 0.175 e. The second-order valence-electron chi connectivity index (χ2n) is 5.08. The molecule has 1 heterocycles. The van der Waals surface area contributed by atoms with Gasteiger partial charge in [-0.25, -0.2) is 0 Å². The van der Waals surface area contributed by atoms with E-state index >= 15 is 0 Å². The van der Waals surface area contributed by atoms with Crippen molar-refractivity contribution < 1.29 is 0 Å². The van der Waals surface area contributed by atoms with Crippen molar-refractivity contribution in [2.75, 3.05) is 13.1 Å². The molecule has 0 radical (unpaired) electrons. The largest absolute Gasteiger partial charge is 0.316 e. The maximum atomic E-state index is 4.28. The van der Waals surface area contributed by atoms with Crippen molar-refractivity contribution in [1.82, 2.24) is 25.5 Å². The van der Waals surface area contributed by atoms with Crippen LogP contribution in [0.25, 0.3) is 0 Å². The van der Waals surface area contributed by atoms with Gasteiger partial charge >= 0.3 is 0 Å². The Balaban J connectivity index is 2.01. The molecule has 90 valence electrons. The molecule has 5 nitrogen and oxygen atoms in total. The van der Waals surface area contributed by atoms with Crippen LogP contribution in [0, 0.1) is 11.3 Å². The first-order valence-electron chi connectivity index (χ1n) is 6.07. The maximum absolute atomic E-state index is 4.28. The van der Waals surface area contributed by atoms with Crippen molar-refractivity contribution >= 4 is 0 Å². The third-order valence-corrected chi connectivity index (χ3v) is 3.45. The molecule has 0 aliphatic heterocycles. The van der Waals surface area contributed by atoms with E-state index in [0.717, 1.165) is 31.3 Å². The van der Waals surface area contributed by atoms with Gasteiger partial charge < -0.3 is 5.32 Å².